The second-order valence-corrected chi connectivity index (χ2v) is 4.66. The second kappa shape index (κ2) is 8.30. The van der Waals surface area contributed by atoms with Gasteiger partial charge in [0.15, 0.2) is 0 Å². The predicted octanol–water partition coefficient (Wildman–Crippen LogP) is 2.85. The van der Waals surface area contributed by atoms with Crippen molar-refractivity contribution in [2.24, 2.45) is 5.92 Å². The number of pyridine rings is 1. The number of aromatic nitrogens is 1. The van der Waals surface area contributed by atoms with E-state index in [2.05, 4.69) is 4.98 Å². The number of carbonyl (C=O) groups is 2. The fourth-order valence-electron chi connectivity index (χ4n) is 1.34. The van der Waals surface area contributed by atoms with E-state index in [1.165, 1.54) is 12.1 Å². The minimum atomic E-state index is -0.525. The van der Waals surface area contributed by atoms with Crippen LogP contribution in [-0.4, -0.2) is 30.1 Å². The molecule has 1 aromatic heterocycles. The Kier molecular flexibility index (Phi) is 6.70. The molecule has 0 bridgehead atoms. The number of rotatable bonds is 7. The zero-order valence-corrected chi connectivity index (χ0v) is 12.2. The maximum absolute atomic E-state index is 11.8. The van der Waals surface area contributed by atoms with Gasteiger partial charge in [0, 0.05) is 0 Å². The summed E-state index contributed by atoms with van der Waals surface area (Å²) in [7, 11) is 0. The lowest BCUT2D eigenvalue weighted by atomic mass is 10.1. The molecule has 5 heteroatoms. The Hall–Kier alpha value is -1.91. The largest absolute Gasteiger partial charge is 0.461 e. The number of nitrogens with zero attached hydrogens (tertiary/aromatic N) is 1. The highest BCUT2D eigenvalue weighted by molar-refractivity contribution is 5.91. The van der Waals surface area contributed by atoms with Gasteiger partial charge in [-0.05, 0) is 24.5 Å². The van der Waals surface area contributed by atoms with Crippen molar-refractivity contribution in [3.8, 4) is 0 Å². The van der Waals surface area contributed by atoms with Crippen LogP contribution in [0.5, 0.6) is 0 Å². The van der Waals surface area contributed by atoms with Crippen LogP contribution in [0.2, 0.25) is 0 Å². The highest BCUT2D eigenvalue weighted by Crippen LogP contribution is 2.06. The van der Waals surface area contributed by atoms with Gasteiger partial charge in [-0.25, -0.2) is 14.6 Å². The van der Waals surface area contributed by atoms with E-state index in [4.69, 9.17) is 9.47 Å². The lowest BCUT2D eigenvalue weighted by Crippen LogP contribution is -2.15. The highest BCUT2D eigenvalue weighted by Gasteiger charge is 2.14. The third kappa shape index (κ3) is 4.99. The summed E-state index contributed by atoms with van der Waals surface area (Å²) in [4.78, 5) is 27.5. The molecule has 0 aliphatic heterocycles. The average Bonchev–Trinajstić information content (AvgIpc) is 2.49. The van der Waals surface area contributed by atoms with Crippen molar-refractivity contribution in [2.45, 2.75) is 33.6 Å². The van der Waals surface area contributed by atoms with Crippen LogP contribution in [-0.2, 0) is 9.47 Å². The topological polar surface area (TPSA) is 65.5 Å². The second-order valence-electron chi connectivity index (χ2n) is 4.66. The zero-order valence-electron chi connectivity index (χ0n) is 12.2. The number of ether oxygens (including phenoxy) is 2. The van der Waals surface area contributed by atoms with Gasteiger partial charge in [-0.15, -0.1) is 0 Å². The SMILES string of the molecule is CCCOC(=O)c1cccc(C(=O)OCC(C)CC)n1. The Morgan fingerprint density at radius 1 is 1.15 bits per heavy atom. The predicted molar refractivity (Wildman–Crippen MR) is 74.5 cm³/mol. The molecule has 1 aromatic rings. The number of esters is 2. The fraction of sp³-hybridized carbons (Fsp3) is 0.533. The van der Waals surface area contributed by atoms with E-state index >= 15 is 0 Å². The molecule has 1 rings (SSSR count). The monoisotopic (exact) mass is 279 g/mol. The molecule has 5 nitrogen and oxygen atoms in total. The van der Waals surface area contributed by atoms with Gasteiger partial charge in [0.1, 0.15) is 11.4 Å². The van der Waals surface area contributed by atoms with Gasteiger partial charge in [-0.2, -0.15) is 0 Å². The van der Waals surface area contributed by atoms with E-state index < -0.39 is 11.9 Å². The smallest absolute Gasteiger partial charge is 0.356 e. The van der Waals surface area contributed by atoms with Crippen molar-refractivity contribution in [3.63, 3.8) is 0 Å². The summed E-state index contributed by atoms with van der Waals surface area (Å²) in [6, 6.07) is 4.63. The number of hydrogen-bond acceptors (Lipinski definition) is 5. The Morgan fingerprint density at radius 2 is 1.75 bits per heavy atom. The Morgan fingerprint density at radius 3 is 2.30 bits per heavy atom. The molecule has 110 valence electrons. The molecule has 0 amide bonds. The van der Waals surface area contributed by atoms with E-state index in [1.54, 1.807) is 6.07 Å². The van der Waals surface area contributed by atoms with Crippen molar-refractivity contribution < 1.29 is 19.1 Å². The van der Waals surface area contributed by atoms with Crippen molar-refractivity contribution in [1.29, 1.82) is 0 Å². The van der Waals surface area contributed by atoms with Gasteiger partial charge in [-0.1, -0.05) is 33.3 Å². The molecule has 0 aromatic carbocycles. The molecule has 0 aliphatic carbocycles. The fourth-order valence-corrected chi connectivity index (χ4v) is 1.34. The molecule has 0 spiro atoms. The van der Waals surface area contributed by atoms with E-state index in [0.717, 1.165) is 12.8 Å². The summed E-state index contributed by atoms with van der Waals surface area (Å²) < 4.78 is 10.1. The van der Waals surface area contributed by atoms with Crippen molar-refractivity contribution >= 4 is 11.9 Å². The van der Waals surface area contributed by atoms with Gasteiger partial charge in [0.25, 0.3) is 0 Å². The van der Waals surface area contributed by atoms with E-state index in [9.17, 15) is 9.59 Å². The first-order valence-electron chi connectivity index (χ1n) is 6.89. The van der Waals surface area contributed by atoms with Crippen LogP contribution in [0.15, 0.2) is 18.2 Å². The van der Waals surface area contributed by atoms with E-state index in [0.29, 0.717) is 19.1 Å². The maximum atomic E-state index is 11.8. The highest BCUT2D eigenvalue weighted by atomic mass is 16.5. The molecule has 1 atom stereocenters. The quantitative estimate of drug-likeness (QED) is 0.718. The molecule has 0 aliphatic rings. The van der Waals surface area contributed by atoms with Gasteiger partial charge < -0.3 is 9.47 Å². The van der Waals surface area contributed by atoms with Crippen LogP contribution >= 0.6 is 0 Å². The minimum absolute atomic E-state index is 0.122. The summed E-state index contributed by atoms with van der Waals surface area (Å²) in [6.45, 7) is 6.62. The molecule has 0 N–H and O–H groups in total. The summed E-state index contributed by atoms with van der Waals surface area (Å²) in [6.07, 6.45) is 1.67. The van der Waals surface area contributed by atoms with E-state index in [-0.39, 0.29) is 11.4 Å². The van der Waals surface area contributed by atoms with Crippen LogP contribution in [0.1, 0.15) is 54.6 Å². The third-order valence-electron chi connectivity index (χ3n) is 2.80. The summed E-state index contributed by atoms with van der Waals surface area (Å²) >= 11 is 0. The lowest BCUT2D eigenvalue weighted by Gasteiger charge is -2.09. The molecular formula is C15H21NO4. The van der Waals surface area contributed by atoms with Crippen LogP contribution in [0.4, 0.5) is 0 Å². The van der Waals surface area contributed by atoms with E-state index in [1.807, 2.05) is 20.8 Å². The molecule has 1 unspecified atom stereocenters. The van der Waals surface area contributed by atoms with Gasteiger partial charge in [0.05, 0.1) is 13.2 Å². The Balaban J connectivity index is 2.67. The van der Waals surface area contributed by atoms with Crippen molar-refractivity contribution in [3.05, 3.63) is 29.6 Å². The molecule has 0 saturated heterocycles. The Bertz CT molecular complexity index is 459. The molecule has 20 heavy (non-hydrogen) atoms. The standard InChI is InChI=1S/C15H21NO4/c1-4-9-19-14(17)12-7-6-8-13(16-12)15(18)20-10-11(3)5-2/h6-8,11H,4-5,9-10H2,1-3H3. The van der Waals surface area contributed by atoms with Crippen LogP contribution in [0.3, 0.4) is 0 Å². The third-order valence-corrected chi connectivity index (χ3v) is 2.80. The van der Waals surface area contributed by atoms with Gasteiger partial charge >= 0.3 is 11.9 Å². The molecule has 0 fully saturated rings. The number of carbonyl (C=O) groups excluding carboxylic acids is 2. The summed E-state index contributed by atoms with van der Waals surface area (Å²) in [5, 5.41) is 0. The van der Waals surface area contributed by atoms with Crippen molar-refractivity contribution in [1.82, 2.24) is 4.98 Å². The minimum Gasteiger partial charge on any atom is -0.461 e. The lowest BCUT2D eigenvalue weighted by molar-refractivity contribution is 0.0439. The maximum Gasteiger partial charge on any atom is 0.356 e. The van der Waals surface area contributed by atoms with Crippen LogP contribution < -0.4 is 0 Å². The summed E-state index contributed by atoms with van der Waals surface area (Å²) in [5.74, 6) is -0.740. The molecule has 0 saturated carbocycles. The first-order valence-corrected chi connectivity index (χ1v) is 6.89. The molecule has 0 radical (unpaired) electrons. The van der Waals surface area contributed by atoms with Gasteiger partial charge in [-0.3, -0.25) is 0 Å². The van der Waals surface area contributed by atoms with Crippen LogP contribution in [0, 0.1) is 5.92 Å². The van der Waals surface area contributed by atoms with Gasteiger partial charge in [0.2, 0.25) is 0 Å². The summed E-state index contributed by atoms with van der Waals surface area (Å²) in [5.41, 5.74) is 0.246. The number of hydrogen-bond donors (Lipinski definition) is 0. The normalized spacial score (nSPS) is 11.8. The first-order chi connectivity index (χ1) is 9.58. The molecule has 1 heterocycles. The van der Waals surface area contributed by atoms with Crippen LogP contribution in [0.25, 0.3) is 0 Å². The van der Waals surface area contributed by atoms with Crippen molar-refractivity contribution in [2.75, 3.05) is 13.2 Å². The first kappa shape index (κ1) is 16.1. The molecular weight excluding hydrogens is 258 g/mol. The Labute approximate surface area is 119 Å². The zero-order chi connectivity index (χ0) is 15.0. The average molecular weight is 279 g/mol.